The highest BCUT2D eigenvalue weighted by molar-refractivity contribution is 7.89. The molecule has 0 aliphatic carbocycles. The van der Waals surface area contributed by atoms with Gasteiger partial charge < -0.3 is 9.80 Å². The predicted octanol–water partition coefficient (Wildman–Crippen LogP) is 2.45. The van der Waals surface area contributed by atoms with E-state index in [1.807, 2.05) is 44.4 Å². The van der Waals surface area contributed by atoms with Gasteiger partial charge in [0.05, 0.1) is 5.75 Å². The van der Waals surface area contributed by atoms with Crippen LogP contribution in [-0.2, 0) is 16.4 Å². The molecular formula is C20H27N3O2S. The number of anilines is 2. The Morgan fingerprint density at radius 3 is 2.08 bits per heavy atom. The molecule has 0 amide bonds. The van der Waals surface area contributed by atoms with Crippen molar-refractivity contribution in [3.8, 4) is 0 Å². The number of benzene rings is 2. The fourth-order valence-corrected chi connectivity index (χ4v) is 4.68. The van der Waals surface area contributed by atoms with Crippen molar-refractivity contribution in [1.29, 1.82) is 0 Å². The topological polar surface area (TPSA) is 43.9 Å². The van der Waals surface area contributed by atoms with Crippen molar-refractivity contribution in [2.24, 2.45) is 0 Å². The zero-order valence-corrected chi connectivity index (χ0v) is 16.3. The number of piperazine rings is 1. The Balaban J connectivity index is 1.55. The third-order valence-corrected chi connectivity index (χ3v) is 6.73. The number of sulfonamides is 1. The number of hydrogen-bond donors (Lipinski definition) is 0. The Hall–Kier alpha value is -2.05. The Morgan fingerprint density at radius 1 is 0.885 bits per heavy atom. The van der Waals surface area contributed by atoms with Crippen LogP contribution in [-0.4, -0.2) is 58.8 Å². The van der Waals surface area contributed by atoms with Crippen molar-refractivity contribution in [2.45, 2.75) is 6.42 Å². The lowest BCUT2D eigenvalue weighted by Crippen LogP contribution is -2.49. The van der Waals surface area contributed by atoms with Gasteiger partial charge in [0.1, 0.15) is 0 Å². The van der Waals surface area contributed by atoms with E-state index in [0.29, 0.717) is 19.5 Å². The van der Waals surface area contributed by atoms with Gasteiger partial charge >= 0.3 is 0 Å². The molecule has 140 valence electrons. The number of hydrogen-bond acceptors (Lipinski definition) is 4. The molecular weight excluding hydrogens is 346 g/mol. The molecule has 3 rings (SSSR count). The van der Waals surface area contributed by atoms with Crippen LogP contribution in [0.2, 0.25) is 0 Å². The van der Waals surface area contributed by atoms with E-state index in [9.17, 15) is 8.42 Å². The molecule has 1 aliphatic rings. The summed E-state index contributed by atoms with van der Waals surface area (Å²) >= 11 is 0. The molecule has 1 aliphatic heterocycles. The molecule has 2 aromatic carbocycles. The molecule has 2 aromatic rings. The lowest BCUT2D eigenvalue weighted by Gasteiger charge is -2.35. The van der Waals surface area contributed by atoms with Crippen LogP contribution < -0.4 is 9.80 Å². The first-order valence-corrected chi connectivity index (χ1v) is 10.6. The second-order valence-electron chi connectivity index (χ2n) is 6.85. The molecule has 6 heteroatoms. The summed E-state index contributed by atoms with van der Waals surface area (Å²) in [5.74, 6) is 0.175. The SMILES string of the molecule is CN(C)c1ccc(N2CCN(S(=O)(=O)CCc3ccccc3)CC2)cc1. The second kappa shape index (κ2) is 8.10. The molecule has 1 heterocycles. The summed E-state index contributed by atoms with van der Waals surface area (Å²) in [6.45, 7) is 2.55. The highest BCUT2D eigenvalue weighted by Crippen LogP contribution is 2.21. The maximum Gasteiger partial charge on any atom is 0.214 e. The van der Waals surface area contributed by atoms with Gasteiger partial charge in [0.2, 0.25) is 10.0 Å². The minimum absolute atomic E-state index is 0.175. The van der Waals surface area contributed by atoms with Crippen LogP contribution in [0.1, 0.15) is 5.56 Å². The average Bonchev–Trinajstić information content (AvgIpc) is 2.67. The van der Waals surface area contributed by atoms with Crippen LogP contribution in [0.4, 0.5) is 11.4 Å². The van der Waals surface area contributed by atoms with E-state index in [4.69, 9.17) is 0 Å². The fourth-order valence-electron chi connectivity index (χ4n) is 3.21. The van der Waals surface area contributed by atoms with E-state index in [1.54, 1.807) is 4.31 Å². The van der Waals surface area contributed by atoms with Crippen molar-refractivity contribution in [1.82, 2.24) is 4.31 Å². The van der Waals surface area contributed by atoms with E-state index in [1.165, 1.54) is 0 Å². The first-order chi connectivity index (χ1) is 12.5. The Kier molecular flexibility index (Phi) is 5.84. The minimum Gasteiger partial charge on any atom is -0.378 e. The summed E-state index contributed by atoms with van der Waals surface area (Å²) in [5.41, 5.74) is 3.38. The zero-order valence-electron chi connectivity index (χ0n) is 15.5. The van der Waals surface area contributed by atoms with Gasteiger partial charge in [0.25, 0.3) is 0 Å². The van der Waals surface area contributed by atoms with Gasteiger partial charge in [-0.1, -0.05) is 30.3 Å². The molecule has 0 saturated carbocycles. The summed E-state index contributed by atoms with van der Waals surface area (Å²) in [6, 6.07) is 18.2. The predicted molar refractivity (Wildman–Crippen MR) is 108 cm³/mol. The lowest BCUT2D eigenvalue weighted by molar-refractivity contribution is 0.385. The molecule has 26 heavy (non-hydrogen) atoms. The van der Waals surface area contributed by atoms with Gasteiger partial charge in [0.15, 0.2) is 0 Å². The smallest absolute Gasteiger partial charge is 0.214 e. The first-order valence-electron chi connectivity index (χ1n) is 9.00. The lowest BCUT2D eigenvalue weighted by atomic mass is 10.2. The maximum absolute atomic E-state index is 12.6. The molecule has 1 saturated heterocycles. The summed E-state index contributed by atoms with van der Waals surface area (Å²) in [6.07, 6.45) is 0.565. The van der Waals surface area contributed by atoms with Gasteiger partial charge in [0, 0.05) is 51.6 Å². The molecule has 1 fully saturated rings. The van der Waals surface area contributed by atoms with E-state index in [0.717, 1.165) is 30.0 Å². The summed E-state index contributed by atoms with van der Waals surface area (Å²) in [5, 5.41) is 0. The van der Waals surface area contributed by atoms with Gasteiger partial charge in [-0.15, -0.1) is 0 Å². The Morgan fingerprint density at radius 2 is 1.50 bits per heavy atom. The largest absolute Gasteiger partial charge is 0.378 e. The van der Waals surface area contributed by atoms with Crippen LogP contribution in [0.3, 0.4) is 0 Å². The van der Waals surface area contributed by atoms with Crippen LogP contribution in [0.25, 0.3) is 0 Å². The van der Waals surface area contributed by atoms with Crippen LogP contribution in [0.5, 0.6) is 0 Å². The zero-order chi connectivity index (χ0) is 18.6. The fraction of sp³-hybridized carbons (Fsp3) is 0.400. The normalized spacial score (nSPS) is 15.8. The van der Waals surface area contributed by atoms with Crippen molar-refractivity contribution < 1.29 is 8.42 Å². The molecule has 0 N–H and O–H groups in total. The van der Waals surface area contributed by atoms with Crippen LogP contribution >= 0.6 is 0 Å². The molecule has 0 radical (unpaired) electrons. The number of aryl methyl sites for hydroxylation is 1. The van der Waals surface area contributed by atoms with E-state index in [-0.39, 0.29) is 5.75 Å². The maximum atomic E-state index is 12.6. The van der Waals surface area contributed by atoms with E-state index < -0.39 is 10.0 Å². The molecule has 0 bridgehead atoms. The molecule has 0 unspecified atom stereocenters. The molecule has 0 aromatic heterocycles. The standard InChI is InChI=1S/C20H27N3O2S/c1-21(2)19-8-10-20(11-9-19)22-13-15-23(16-14-22)26(24,25)17-12-18-6-4-3-5-7-18/h3-11H,12-17H2,1-2H3. The van der Waals surface area contributed by atoms with E-state index >= 15 is 0 Å². The monoisotopic (exact) mass is 373 g/mol. The number of rotatable bonds is 6. The van der Waals surface area contributed by atoms with Crippen molar-refractivity contribution in [2.75, 3.05) is 55.8 Å². The Bertz CT molecular complexity index is 797. The van der Waals surface area contributed by atoms with Crippen molar-refractivity contribution in [3.63, 3.8) is 0 Å². The summed E-state index contributed by atoms with van der Waals surface area (Å²) in [7, 11) is 0.839. The Labute approximate surface area is 156 Å². The highest BCUT2D eigenvalue weighted by atomic mass is 32.2. The third-order valence-electron chi connectivity index (χ3n) is 4.85. The molecule has 0 spiro atoms. The minimum atomic E-state index is -3.21. The van der Waals surface area contributed by atoms with Crippen LogP contribution in [0.15, 0.2) is 54.6 Å². The molecule has 5 nitrogen and oxygen atoms in total. The average molecular weight is 374 g/mol. The number of nitrogens with zero attached hydrogens (tertiary/aromatic N) is 3. The molecule has 0 atom stereocenters. The summed E-state index contributed by atoms with van der Waals surface area (Å²) < 4.78 is 26.9. The highest BCUT2D eigenvalue weighted by Gasteiger charge is 2.26. The summed E-state index contributed by atoms with van der Waals surface area (Å²) in [4.78, 5) is 4.32. The van der Waals surface area contributed by atoms with Gasteiger partial charge in [-0.25, -0.2) is 8.42 Å². The van der Waals surface area contributed by atoms with Gasteiger partial charge in [-0.3, -0.25) is 0 Å². The van der Waals surface area contributed by atoms with Crippen LogP contribution in [0, 0.1) is 0 Å². The van der Waals surface area contributed by atoms with Gasteiger partial charge in [-0.05, 0) is 36.2 Å². The van der Waals surface area contributed by atoms with Crippen molar-refractivity contribution in [3.05, 3.63) is 60.2 Å². The van der Waals surface area contributed by atoms with Gasteiger partial charge in [-0.2, -0.15) is 4.31 Å². The second-order valence-corrected chi connectivity index (χ2v) is 8.94. The quantitative estimate of drug-likeness (QED) is 0.780. The third kappa shape index (κ3) is 4.56. The van der Waals surface area contributed by atoms with Crippen molar-refractivity contribution >= 4 is 21.4 Å². The van der Waals surface area contributed by atoms with E-state index in [2.05, 4.69) is 34.1 Å². The first kappa shape index (κ1) is 18.7.